The highest BCUT2D eigenvalue weighted by Crippen LogP contribution is 2.20. The molecule has 0 saturated heterocycles. The molecule has 0 fully saturated rings. The van der Waals surface area contributed by atoms with E-state index in [0.717, 1.165) is 17.9 Å². The van der Waals surface area contributed by atoms with Gasteiger partial charge in [0.25, 0.3) is 0 Å². The van der Waals surface area contributed by atoms with Crippen molar-refractivity contribution in [3.05, 3.63) is 23.5 Å². The summed E-state index contributed by atoms with van der Waals surface area (Å²) in [6.07, 6.45) is 2.70. The molecule has 1 aromatic rings. The van der Waals surface area contributed by atoms with Crippen molar-refractivity contribution >= 4 is 23.4 Å². The largest absolute Gasteiger partial charge is 0.490 e. The Morgan fingerprint density at radius 2 is 2.43 bits per heavy atom. The van der Waals surface area contributed by atoms with Crippen molar-refractivity contribution < 1.29 is 4.74 Å². The molecule has 0 spiro atoms. The Morgan fingerprint density at radius 1 is 1.57 bits per heavy atom. The molecule has 0 aliphatic heterocycles. The molecule has 4 heteroatoms. The lowest BCUT2D eigenvalue weighted by Crippen LogP contribution is -1.99. The number of halogens is 1. The van der Waals surface area contributed by atoms with Crippen molar-refractivity contribution in [2.75, 3.05) is 18.1 Å². The smallest absolute Gasteiger partial charge is 0.171 e. The first kappa shape index (κ1) is 11.7. The molecule has 1 aromatic heterocycles. The maximum absolute atomic E-state index is 5.82. The lowest BCUT2D eigenvalue weighted by atomic mass is 10.4. The Bertz CT molecular complexity index is 270. The molecule has 14 heavy (non-hydrogen) atoms. The van der Waals surface area contributed by atoms with Crippen LogP contribution in [0.1, 0.15) is 13.3 Å². The number of hydrogen-bond acceptors (Lipinski definition) is 3. The van der Waals surface area contributed by atoms with Crippen molar-refractivity contribution in [1.82, 2.24) is 4.98 Å². The standard InChI is InChI=1S/C10H14ClNOS/c1-2-14-8-4-7-13-9-5-3-6-12-10(9)11/h3,5-6H,2,4,7-8H2,1H3. The fourth-order valence-corrected chi connectivity index (χ4v) is 1.75. The van der Waals surface area contributed by atoms with Crippen LogP contribution in [0.3, 0.4) is 0 Å². The number of aromatic nitrogens is 1. The summed E-state index contributed by atoms with van der Waals surface area (Å²) < 4.78 is 5.48. The molecule has 0 bridgehead atoms. The van der Waals surface area contributed by atoms with Gasteiger partial charge in [0.05, 0.1) is 6.61 Å². The second-order valence-electron chi connectivity index (χ2n) is 2.69. The highest BCUT2D eigenvalue weighted by Gasteiger charge is 1.99. The van der Waals surface area contributed by atoms with E-state index >= 15 is 0 Å². The van der Waals surface area contributed by atoms with E-state index < -0.39 is 0 Å². The second kappa shape index (κ2) is 6.96. The van der Waals surface area contributed by atoms with Gasteiger partial charge in [-0.2, -0.15) is 11.8 Å². The topological polar surface area (TPSA) is 22.1 Å². The zero-order valence-corrected chi connectivity index (χ0v) is 9.77. The minimum atomic E-state index is 0.440. The van der Waals surface area contributed by atoms with Crippen LogP contribution in [0.25, 0.3) is 0 Å². The van der Waals surface area contributed by atoms with Crippen LogP contribution in [-0.2, 0) is 0 Å². The quantitative estimate of drug-likeness (QED) is 0.554. The molecule has 0 aliphatic rings. The van der Waals surface area contributed by atoms with E-state index in [1.165, 1.54) is 0 Å². The predicted molar refractivity (Wildman–Crippen MR) is 62.4 cm³/mol. The summed E-state index contributed by atoms with van der Waals surface area (Å²) in [6.45, 7) is 2.86. The van der Waals surface area contributed by atoms with Crippen LogP contribution in [0.2, 0.25) is 5.15 Å². The van der Waals surface area contributed by atoms with Crippen molar-refractivity contribution in [2.24, 2.45) is 0 Å². The maximum Gasteiger partial charge on any atom is 0.171 e. The summed E-state index contributed by atoms with van der Waals surface area (Å²) in [4.78, 5) is 3.93. The molecule has 1 heterocycles. The lowest BCUT2D eigenvalue weighted by Gasteiger charge is -2.06. The van der Waals surface area contributed by atoms with Gasteiger partial charge in [0.1, 0.15) is 0 Å². The Labute approximate surface area is 94.0 Å². The van der Waals surface area contributed by atoms with Crippen LogP contribution < -0.4 is 4.74 Å². The van der Waals surface area contributed by atoms with E-state index in [9.17, 15) is 0 Å². The number of rotatable bonds is 6. The average Bonchev–Trinajstić information content (AvgIpc) is 2.20. The first-order valence-electron chi connectivity index (χ1n) is 4.65. The number of pyridine rings is 1. The molecule has 0 unspecified atom stereocenters. The molecule has 0 N–H and O–H groups in total. The van der Waals surface area contributed by atoms with Gasteiger partial charge in [-0.3, -0.25) is 0 Å². The third kappa shape index (κ3) is 4.20. The molecule has 78 valence electrons. The van der Waals surface area contributed by atoms with Crippen LogP contribution in [-0.4, -0.2) is 23.1 Å². The van der Waals surface area contributed by atoms with E-state index in [0.29, 0.717) is 17.5 Å². The molecular formula is C10H14ClNOS. The van der Waals surface area contributed by atoms with Crippen molar-refractivity contribution in [2.45, 2.75) is 13.3 Å². The zero-order valence-electron chi connectivity index (χ0n) is 8.20. The molecular weight excluding hydrogens is 218 g/mol. The molecule has 0 saturated carbocycles. The van der Waals surface area contributed by atoms with Gasteiger partial charge in [-0.25, -0.2) is 4.98 Å². The number of thioether (sulfide) groups is 1. The van der Waals surface area contributed by atoms with E-state index in [1.54, 1.807) is 6.20 Å². The molecule has 2 nitrogen and oxygen atoms in total. The van der Waals surface area contributed by atoms with Crippen molar-refractivity contribution in [1.29, 1.82) is 0 Å². The monoisotopic (exact) mass is 231 g/mol. The third-order valence-corrected chi connectivity index (χ3v) is 2.89. The average molecular weight is 232 g/mol. The second-order valence-corrected chi connectivity index (χ2v) is 4.44. The Kier molecular flexibility index (Phi) is 5.80. The van der Waals surface area contributed by atoms with E-state index in [1.807, 2.05) is 23.9 Å². The van der Waals surface area contributed by atoms with Gasteiger partial charge in [0.15, 0.2) is 10.9 Å². The summed E-state index contributed by atoms with van der Waals surface area (Å²) in [5.41, 5.74) is 0. The first-order chi connectivity index (χ1) is 6.84. The molecule has 0 atom stereocenters. The van der Waals surface area contributed by atoms with Crippen LogP contribution in [0.15, 0.2) is 18.3 Å². The van der Waals surface area contributed by atoms with E-state index in [2.05, 4.69) is 11.9 Å². The summed E-state index contributed by atoms with van der Waals surface area (Å²) >= 11 is 7.74. The van der Waals surface area contributed by atoms with Gasteiger partial charge in [0.2, 0.25) is 0 Å². The van der Waals surface area contributed by atoms with Gasteiger partial charge >= 0.3 is 0 Å². The van der Waals surface area contributed by atoms with Crippen molar-refractivity contribution in [3.63, 3.8) is 0 Å². The predicted octanol–water partition coefficient (Wildman–Crippen LogP) is 3.26. The maximum atomic E-state index is 5.82. The fraction of sp³-hybridized carbons (Fsp3) is 0.500. The van der Waals surface area contributed by atoms with Crippen LogP contribution in [0.4, 0.5) is 0 Å². The minimum absolute atomic E-state index is 0.440. The lowest BCUT2D eigenvalue weighted by molar-refractivity contribution is 0.317. The zero-order chi connectivity index (χ0) is 10.2. The Morgan fingerprint density at radius 3 is 3.14 bits per heavy atom. The van der Waals surface area contributed by atoms with Crippen LogP contribution in [0, 0.1) is 0 Å². The van der Waals surface area contributed by atoms with Gasteiger partial charge in [-0.15, -0.1) is 0 Å². The summed E-state index contributed by atoms with van der Waals surface area (Å²) in [6, 6.07) is 3.66. The SMILES string of the molecule is CCSCCCOc1cccnc1Cl. The highest BCUT2D eigenvalue weighted by atomic mass is 35.5. The number of nitrogens with zero attached hydrogens (tertiary/aromatic N) is 1. The molecule has 0 amide bonds. The highest BCUT2D eigenvalue weighted by molar-refractivity contribution is 7.99. The Hall–Kier alpha value is -0.410. The van der Waals surface area contributed by atoms with Crippen LogP contribution in [0.5, 0.6) is 5.75 Å². The molecule has 0 radical (unpaired) electrons. The van der Waals surface area contributed by atoms with Crippen LogP contribution >= 0.6 is 23.4 Å². The molecule has 0 aromatic carbocycles. The summed E-state index contributed by atoms with van der Waals surface area (Å²) in [7, 11) is 0. The fourth-order valence-electron chi connectivity index (χ4n) is 0.966. The first-order valence-corrected chi connectivity index (χ1v) is 6.19. The molecule has 1 rings (SSSR count). The normalized spacial score (nSPS) is 10.1. The van der Waals surface area contributed by atoms with Gasteiger partial charge < -0.3 is 4.74 Å². The van der Waals surface area contributed by atoms with Gasteiger partial charge in [-0.1, -0.05) is 18.5 Å². The number of hydrogen-bond donors (Lipinski definition) is 0. The Balaban J connectivity index is 2.21. The van der Waals surface area contributed by atoms with E-state index in [4.69, 9.17) is 16.3 Å². The molecule has 0 aliphatic carbocycles. The van der Waals surface area contributed by atoms with E-state index in [-0.39, 0.29) is 0 Å². The van der Waals surface area contributed by atoms with Gasteiger partial charge in [-0.05, 0) is 30.1 Å². The third-order valence-electron chi connectivity index (χ3n) is 1.62. The number of ether oxygens (including phenoxy) is 1. The van der Waals surface area contributed by atoms with Crippen molar-refractivity contribution in [3.8, 4) is 5.75 Å². The van der Waals surface area contributed by atoms with Gasteiger partial charge in [0, 0.05) is 6.20 Å². The minimum Gasteiger partial charge on any atom is -0.490 e. The summed E-state index contributed by atoms with van der Waals surface area (Å²) in [5, 5.41) is 0.440. The summed E-state index contributed by atoms with van der Waals surface area (Å²) in [5.74, 6) is 2.97.